The van der Waals surface area contributed by atoms with Crippen molar-refractivity contribution in [2.45, 2.75) is 19.3 Å². The molecule has 8 aromatic rings. The van der Waals surface area contributed by atoms with Gasteiger partial charge in [0, 0.05) is 42.6 Å². The van der Waals surface area contributed by atoms with E-state index in [1.165, 1.54) is 64.3 Å². The molecule has 1 aromatic heterocycles. The fourth-order valence-electron chi connectivity index (χ4n) is 7.31. The first-order valence-electron chi connectivity index (χ1n) is 15.6. The molecule has 214 valence electrons. The number of hydrogen-bond donors (Lipinski definition) is 0. The predicted molar refractivity (Wildman–Crippen MR) is 195 cm³/mol. The van der Waals surface area contributed by atoms with Gasteiger partial charge in [-0.05, 0) is 98.8 Å². The largest absolute Gasteiger partial charge is 0.310 e. The lowest BCUT2D eigenvalue weighted by Crippen LogP contribution is -2.14. The summed E-state index contributed by atoms with van der Waals surface area (Å²) >= 11 is 1.87. The molecule has 1 aliphatic rings. The Bertz CT molecular complexity index is 2400. The molecule has 0 N–H and O–H groups in total. The summed E-state index contributed by atoms with van der Waals surface area (Å²) in [4.78, 5) is 2.41. The van der Waals surface area contributed by atoms with Crippen molar-refractivity contribution >= 4 is 59.3 Å². The Labute approximate surface area is 267 Å². The molecule has 0 bridgehead atoms. The fourth-order valence-corrected chi connectivity index (χ4v) is 8.45. The summed E-state index contributed by atoms with van der Waals surface area (Å²) in [7, 11) is 0. The molecule has 1 nitrogen and oxygen atoms in total. The third kappa shape index (κ3) is 4.13. The maximum atomic E-state index is 2.41. The predicted octanol–water partition coefficient (Wildman–Crippen LogP) is 12.7. The first-order valence-corrected chi connectivity index (χ1v) is 16.4. The van der Waals surface area contributed by atoms with Gasteiger partial charge in [0.25, 0.3) is 0 Å². The molecule has 9 rings (SSSR count). The van der Waals surface area contributed by atoms with Crippen LogP contribution >= 0.6 is 11.3 Å². The molecule has 0 unspecified atom stereocenters. The average Bonchev–Trinajstić information content (AvgIpc) is 3.56. The van der Waals surface area contributed by atoms with Crippen LogP contribution in [0.5, 0.6) is 0 Å². The van der Waals surface area contributed by atoms with Crippen molar-refractivity contribution in [3.8, 4) is 22.3 Å². The Hall–Kier alpha value is -5.18. The van der Waals surface area contributed by atoms with Gasteiger partial charge in [-0.1, -0.05) is 111 Å². The van der Waals surface area contributed by atoms with E-state index in [4.69, 9.17) is 0 Å². The van der Waals surface area contributed by atoms with Crippen LogP contribution in [-0.2, 0) is 5.41 Å². The minimum Gasteiger partial charge on any atom is -0.310 e. The van der Waals surface area contributed by atoms with Gasteiger partial charge in [-0.25, -0.2) is 0 Å². The van der Waals surface area contributed by atoms with Crippen molar-refractivity contribution in [3.05, 3.63) is 163 Å². The Kier molecular flexibility index (Phi) is 5.78. The van der Waals surface area contributed by atoms with E-state index in [-0.39, 0.29) is 5.41 Å². The molecule has 0 saturated carbocycles. The highest BCUT2D eigenvalue weighted by atomic mass is 32.1. The standard InChI is InChI=1S/C43H31NS/c1-43(2)39-14-8-6-12-35(39)38-25-31-24-33(21-18-30(31)26-40(38)43)44(32-19-16-29(17-20-32)28-10-4-3-5-11-28)34-22-23-37-36-13-7-9-15-41(36)45-42(37)27-34/h3-27H,1-2H3. The lowest BCUT2D eigenvalue weighted by Gasteiger charge is -2.26. The van der Waals surface area contributed by atoms with Crippen molar-refractivity contribution in [1.82, 2.24) is 0 Å². The van der Waals surface area contributed by atoms with Crippen LogP contribution in [-0.4, -0.2) is 0 Å². The van der Waals surface area contributed by atoms with Gasteiger partial charge in [-0.15, -0.1) is 11.3 Å². The molecule has 0 radical (unpaired) electrons. The Morgan fingerprint density at radius 2 is 1.11 bits per heavy atom. The van der Waals surface area contributed by atoms with E-state index in [1.807, 2.05) is 11.3 Å². The van der Waals surface area contributed by atoms with Crippen LogP contribution < -0.4 is 4.90 Å². The van der Waals surface area contributed by atoms with Crippen molar-refractivity contribution in [3.63, 3.8) is 0 Å². The van der Waals surface area contributed by atoms with Crippen LogP contribution in [0.2, 0.25) is 0 Å². The highest BCUT2D eigenvalue weighted by molar-refractivity contribution is 7.25. The molecular weight excluding hydrogens is 563 g/mol. The van der Waals surface area contributed by atoms with E-state index in [0.29, 0.717) is 0 Å². The number of thiophene rings is 1. The first kappa shape index (κ1) is 26.2. The molecule has 1 heterocycles. The van der Waals surface area contributed by atoms with Gasteiger partial charge in [0.15, 0.2) is 0 Å². The molecule has 0 fully saturated rings. The van der Waals surface area contributed by atoms with Crippen molar-refractivity contribution in [2.24, 2.45) is 0 Å². The van der Waals surface area contributed by atoms with E-state index in [2.05, 4.69) is 170 Å². The van der Waals surface area contributed by atoms with Gasteiger partial charge in [0.05, 0.1) is 0 Å². The second kappa shape index (κ2) is 9.92. The van der Waals surface area contributed by atoms with E-state index in [0.717, 1.165) is 17.1 Å². The Morgan fingerprint density at radius 3 is 1.98 bits per heavy atom. The second-order valence-corrected chi connectivity index (χ2v) is 13.7. The van der Waals surface area contributed by atoms with Crippen molar-refractivity contribution < 1.29 is 0 Å². The van der Waals surface area contributed by atoms with Gasteiger partial charge >= 0.3 is 0 Å². The highest BCUT2D eigenvalue weighted by Crippen LogP contribution is 2.50. The second-order valence-electron chi connectivity index (χ2n) is 12.6. The summed E-state index contributed by atoms with van der Waals surface area (Å²) in [6.45, 7) is 4.70. The summed E-state index contributed by atoms with van der Waals surface area (Å²) in [5.74, 6) is 0. The van der Waals surface area contributed by atoms with Gasteiger partial charge in [0.1, 0.15) is 0 Å². The van der Waals surface area contributed by atoms with Gasteiger partial charge in [-0.2, -0.15) is 0 Å². The molecule has 7 aromatic carbocycles. The smallest absolute Gasteiger partial charge is 0.0476 e. The molecular formula is C43H31NS. The normalized spacial score (nSPS) is 13.3. The van der Waals surface area contributed by atoms with Crippen LogP contribution in [0.1, 0.15) is 25.0 Å². The average molecular weight is 594 g/mol. The Morgan fingerprint density at radius 1 is 0.444 bits per heavy atom. The molecule has 1 aliphatic carbocycles. The van der Waals surface area contributed by atoms with E-state index in [1.54, 1.807) is 0 Å². The topological polar surface area (TPSA) is 3.24 Å². The molecule has 0 amide bonds. The maximum Gasteiger partial charge on any atom is 0.0476 e. The highest BCUT2D eigenvalue weighted by Gasteiger charge is 2.35. The first-order chi connectivity index (χ1) is 22.0. The van der Waals surface area contributed by atoms with Crippen molar-refractivity contribution in [2.75, 3.05) is 4.90 Å². The van der Waals surface area contributed by atoms with Gasteiger partial charge < -0.3 is 4.90 Å². The number of nitrogens with zero attached hydrogens (tertiary/aromatic N) is 1. The SMILES string of the molecule is CC1(C)c2ccccc2-c2cc3cc(N(c4ccc(-c5ccccc5)cc4)c4ccc5c(c4)sc4ccccc45)ccc3cc21. The quantitative estimate of drug-likeness (QED) is 0.196. The monoisotopic (exact) mass is 593 g/mol. The third-order valence-corrected chi connectivity index (χ3v) is 10.8. The number of fused-ring (bicyclic) bond motifs is 7. The molecule has 45 heavy (non-hydrogen) atoms. The van der Waals surface area contributed by atoms with Crippen LogP contribution in [0, 0.1) is 0 Å². The summed E-state index contributed by atoms with van der Waals surface area (Å²) in [5, 5.41) is 5.17. The van der Waals surface area contributed by atoms with E-state index < -0.39 is 0 Å². The number of anilines is 3. The summed E-state index contributed by atoms with van der Waals surface area (Å²) in [5.41, 5.74) is 11.4. The molecule has 0 atom stereocenters. The van der Waals surface area contributed by atoms with Crippen molar-refractivity contribution in [1.29, 1.82) is 0 Å². The number of benzene rings is 7. The lowest BCUT2D eigenvalue weighted by molar-refractivity contribution is 0.661. The molecule has 2 heteroatoms. The van der Waals surface area contributed by atoms with Crippen LogP contribution in [0.15, 0.2) is 152 Å². The zero-order valence-electron chi connectivity index (χ0n) is 25.3. The molecule has 0 aliphatic heterocycles. The van der Waals surface area contributed by atoms with Crippen LogP contribution in [0.4, 0.5) is 17.1 Å². The van der Waals surface area contributed by atoms with Crippen LogP contribution in [0.25, 0.3) is 53.2 Å². The minimum atomic E-state index is -0.00894. The summed E-state index contributed by atoms with van der Waals surface area (Å²) < 4.78 is 2.63. The maximum absolute atomic E-state index is 2.41. The van der Waals surface area contributed by atoms with E-state index in [9.17, 15) is 0 Å². The zero-order chi connectivity index (χ0) is 30.1. The van der Waals surface area contributed by atoms with E-state index >= 15 is 0 Å². The molecule has 0 saturated heterocycles. The Balaban J connectivity index is 1.22. The summed E-state index contributed by atoms with van der Waals surface area (Å²) in [6, 6.07) is 55.9. The fraction of sp³-hybridized carbons (Fsp3) is 0.0698. The number of rotatable bonds is 4. The lowest BCUT2D eigenvalue weighted by atomic mass is 9.82. The summed E-state index contributed by atoms with van der Waals surface area (Å²) in [6.07, 6.45) is 0. The van der Waals surface area contributed by atoms with Gasteiger partial charge in [-0.3, -0.25) is 0 Å². The zero-order valence-corrected chi connectivity index (χ0v) is 26.1. The molecule has 0 spiro atoms. The van der Waals surface area contributed by atoms with Crippen LogP contribution in [0.3, 0.4) is 0 Å². The third-order valence-electron chi connectivity index (χ3n) is 9.64. The van der Waals surface area contributed by atoms with Gasteiger partial charge in [0.2, 0.25) is 0 Å². The minimum absolute atomic E-state index is 0.00894. The number of hydrogen-bond acceptors (Lipinski definition) is 2.